The van der Waals surface area contributed by atoms with Gasteiger partial charge in [-0.3, -0.25) is 0 Å². The Labute approximate surface area is 88.8 Å². The number of fused-ring (bicyclic) bond motifs is 1. The number of nitrogens with two attached hydrogens (primary N) is 1. The van der Waals surface area contributed by atoms with Crippen molar-refractivity contribution in [3.05, 3.63) is 30.0 Å². The molecule has 1 unspecified atom stereocenters. The van der Waals surface area contributed by atoms with E-state index < -0.39 is 0 Å². The number of benzene rings is 1. The number of furan rings is 1. The molecule has 0 aliphatic rings. The zero-order chi connectivity index (χ0) is 10.8. The van der Waals surface area contributed by atoms with Crippen LogP contribution in [0.15, 0.2) is 28.9 Å². The van der Waals surface area contributed by atoms with Gasteiger partial charge in [0.25, 0.3) is 0 Å². The largest absolute Gasteiger partial charge is 0.493 e. The van der Waals surface area contributed by atoms with Crippen LogP contribution in [-0.2, 0) is 0 Å². The summed E-state index contributed by atoms with van der Waals surface area (Å²) in [5, 5.41) is 1.06. The molecule has 80 valence electrons. The van der Waals surface area contributed by atoms with Crippen molar-refractivity contribution in [1.29, 1.82) is 0 Å². The zero-order valence-electron chi connectivity index (χ0n) is 8.99. The first kappa shape index (κ1) is 10.1. The second-order valence-corrected chi connectivity index (χ2v) is 3.70. The second kappa shape index (κ2) is 3.95. The average molecular weight is 205 g/mol. The number of ether oxygens (including phenoxy) is 1. The molecule has 0 amide bonds. The van der Waals surface area contributed by atoms with Gasteiger partial charge >= 0.3 is 0 Å². The first-order valence-corrected chi connectivity index (χ1v) is 5.01. The topological polar surface area (TPSA) is 48.4 Å². The van der Waals surface area contributed by atoms with E-state index in [0.717, 1.165) is 16.7 Å². The van der Waals surface area contributed by atoms with Crippen LogP contribution in [-0.4, -0.2) is 13.7 Å². The summed E-state index contributed by atoms with van der Waals surface area (Å²) in [5.74, 6) is 1.10. The van der Waals surface area contributed by atoms with Crippen LogP contribution in [0.4, 0.5) is 0 Å². The highest BCUT2D eigenvalue weighted by molar-refractivity contribution is 5.84. The van der Waals surface area contributed by atoms with Crippen LogP contribution in [0.5, 0.6) is 5.75 Å². The summed E-state index contributed by atoms with van der Waals surface area (Å²) in [4.78, 5) is 0. The highest BCUT2D eigenvalue weighted by Crippen LogP contribution is 2.30. The molecule has 0 bridgehead atoms. The molecular formula is C12H15NO2. The van der Waals surface area contributed by atoms with Gasteiger partial charge in [0.2, 0.25) is 0 Å². The fourth-order valence-electron chi connectivity index (χ4n) is 1.64. The number of rotatable bonds is 3. The normalized spacial score (nSPS) is 13.0. The minimum Gasteiger partial charge on any atom is -0.493 e. The van der Waals surface area contributed by atoms with Gasteiger partial charge in [0.05, 0.1) is 13.4 Å². The van der Waals surface area contributed by atoms with Crippen LogP contribution in [0.3, 0.4) is 0 Å². The van der Waals surface area contributed by atoms with Crippen molar-refractivity contribution in [3.8, 4) is 5.75 Å². The van der Waals surface area contributed by atoms with E-state index >= 15 is 0 Å². The minimum atomic E-state index is 0.332. The lowest BCUT2D eigenvalue weighted by atomic mass is 10.00. The van der Waals surface area contributed by atoms with Crippen LogP contribution < -0.4 is 10.5 Å². The van der Waals surface area contributed by atoms with Gasteiger partial charge in [-0.25, -0.2) is 0 Å². The molecular weight excluding hydrogens is 190 g/mol. The van der Waals surface area contributed by atoms with Gasteiger partial charge in [-0.1, -0.05) is 6.92 Å². The molecule has 0 aliphatic heterocycles. The summed E-state index contributed by atoms with van der Waals surface area (Å²) in [6.45, 7) is 2.73. The quantitative estimate of drug-likeness (QED) is 0.837. The third-order valence-corrected chi connectivity index (χ3v) is 2.68. The van der Waals surface area contributed by atoms with E-state index in [0.29, 0.717) is 12.5 Å². The van der Waals surface area contributed by atoms with E-state index in [1.54, 1.807) is 13.4 Å². The maximum atomic E-state index is 5.65. The van der Waals surface area contributed by atoms with Crippen molar-refractivity contribution in [2.24, 2.45) is 5.73 Å². The lowest BCUT2D eigenvalue weighted by Gasteiger charge is -2.10. The predicted octanol–water partition coefficient (Wildman–Crippen LogP) is 2.50. The summed E-state index contributed by atoms with van der Waals surface area (Å²) >= 11 is 0. The van der Waals surface area contributed by atoms with Crippen LogP contribution >= 0.6 is 0 Å². The summed E-state index contributed by atoms with van der Waals surface area (Å²) in [6.07, 6.45) is 1.67. The van der Waals surface area contributed by atoms with Crippen LogP contribution in [0.1, 0.15) is 18.4 Å². The van der Waals surface area contributed by atoms with Crippen molar-refractivity contribution in [2.75, 3.05) is 13.7 Å². The van der Waals surface area contributed by atoms with Crippen LogP contribution in [0.2, 0.25) is 0 Å². The Morgan fingerprint density at radius 3 is 2.93 bits per heavy atom. The number of methoxy groups -OCH3 is 1. The fraction of sp³-hybridized carbons (Fsp3) is 0.333. The third kappa shape index (κ3) is 1.70. The molecule has 0 spiro atoms. The Bertz CT molecular complexity index is 462. The fourth-order valence-corrected chi connectivity index (χ4v) is 1.64. The molecule has 0 saturated heterocycles. The van der Waals surface area contributed by atoms with Crippen molar-refractivity contribution in [1.82, 2.24) is 0 Å². The highest BCUT2D eigenvalue weighted by Gasteiger charge is 2.10. The smallest absolute Gasteiger partial charge is 0.175 e. The molecule has 3 nitrogen and oxygen atoms in total. The zero-order valence-corrected chi connectivity index (χ0v) is 8.99. The van der Waals surface area contributed by atoms with E-state index in [9.17, 15) is 0 Å². The highest BCUT2D eigenvalue weighted by atomic mass is 16.5. The first-order valence-electron chi connectivity index (χ1n) is 5.01. The van der Waals surface area contributed by atoms with Crippen molar-refractivity contribution in [2.45, 2.75) is 12.8 Å². The van der Waals surface area contributed by atoms with E-state index in [1.165, 1.54) is 5.56 Å². The Morgan fingerprint density at radius 2 is 2.27 bits per heavy atom. The molecule has 0 saturated carbocycles. The van der Waals surface area contributed by atoms with E-state index in [-0.39, 0.29) is 0 Å². The van der Waals surface area contributed by atoms with Gasteiger partial charge in [0.1, 0.15) is 0 Å². The Morgan fingerprint density at radius 1 is 1.47 bits per heavy atom. The van der Waals surface area contributed by atoms with E-state index in [1.807, 2.05) is 12.1 Å². The second-order valence-electron chi connectivity index (χ2n) is 3.70. The molecule has 1 aromatic heterocycles. The molecule has 0 aliphatic carbocycles. The maximum absolute atomic E-state index is 5.65. The molecule has 0 radical (unpaired) electrons. The Kier molecular flexibility index (Phi) is 2.64. The molecule has 1 atom stereocenters. The van der Waals surface area contributed by atoms with Gasteiger partial charge in [0, 0.05) is 5.39 Å². The first-order chi connectivity index (χ1) is 7.26. The summed E-state index contributed by atoms with van der Waals surface area (Å²) < 4.78 is 10.6. The average Bonchev–Trinajstić information content (AvgIpc) is 2.74. The molecule has 2 rings (SSSR count). The van der Waals surface area contributed by atoms with Crippen molar-refractivity contribution < 1.29 is 9.15 Å². The van der Waals surface area contributed by atoms with Crippen molar-refractivity contribution in [3.63, 3.8) is 0 Å². The van der Waals surface area contributed by atoms with Crippen LogP contribution in [0.25, 0.3) is 11.0 Å². The minimum absolute atomic E-state index is 0.332. The lowest BCUT2D eigenvalue weighted by molar-refractivity contribution is 0.409. The van der Waals surface area contributed by atoms with Crippen molar-refractivity contribution >= 4 is 11.0 Å². The standard InChI is InChI=1S/C12H15NO2/c1-8(7-13)10-5-9-3-4-15-12(9)11(6-10)14-2/h3-6,8H,7,13H2,1-2H3. The maximum Gasteiger partial charge on any atom is 0.175 e. The Balaban J connectivity index is 2.58. The van der Waals surface area contributed by atoms with Gasteiger partial charge in [-0.2, -0.15) is 0 Å². The monoisotopic (exact) mass is 205 g/mol. The Hall–Kier alpha value is -1.48. The summed E-state index contributed by atoms with van der Waals surface area (Å²) in [5.41, 5.74) is 7.63. The van der Waals surface area contributed by atoms with Gasteiger partial charge in [-0.15, -0.1) is 0 Å². The van der Waals surface area contributed by atoms with Gasteiger partial charge in [0.15, 0.2) is 11.3 Å². The van der Waals surface area contributed by atoms with E-state index in [4.69, 9.17) is 14.9 Å². The lowest BCUT2D eigenvalue weighted by Crippen LogP contribution is -2.08. The number of hydrogen-bond donors (Lipinski definition) is 1. The SMILES string of the molecule is COc1cc(C(C)CN)cc2ccoc12. The molecule has 1 heterocycles. The molecule has 2 N–H and O–H groups in total. The molecule has 1 aromatic carbocycles. The van der Waals surface area contributed by atoms with Crippen LogP contribution in [0, 0.1) is 0 Å². The predicted molar refractivity (Wildman–Crippen MR) is 60.2 cm³/mol. The molecule has 2 aromatic rings. The third-order valence-electron chi connectivity index (χ3n) is 2.68. The molecule has 15 heavy (non-hydrogen) atoms. The summed E-state index contributed by atoms with van der Waals surface area (Å²) in [7, 11) is 1.65. The molecule has 0 fully saturated rings. The summed E-state index contributed by atoms with van der Waals surface area (Å²) in [6, 6.07) is 6.02. The van der Waals surface area contributed by atoms with E-state index in [2.05, 4.69) is 13.0 Å². The molecule has 3 heteroatoms. The van der Waals surface area contributed by atoms with Gasteiger partial charge < -0.3 is 14.9 Å². The number of hydrogen-bond acceptors (Lipinski definition) is 3. The van der Waals surface area contributed by atoms with Gasteiger partial charge in [-0.05, 0) is 36.2 Å².